The summed E-state index contributed by atoms with van der Waals surface area (Å²) in [6, 6.07) is 10.3. The largest absolute Gasteiger partial charge is 0.491 e. The fraction of sp³-hybridized carbons (Fsp3) is 0.419. The molecule has 1 amide bonds. The van der Waals surface area contributed by atoms with Crippen molar-refractivity contribution in [2.45, 2.75) is 53.0 Å². The van der Waals surface area contributed by atoms with Crippen LogP contribution in [0.25, 0.3) is 11.1 Å². The zero-order valence-electron chi connectivity index (χ0n) is 22.0. The molecule has 0 bridgehead atoms. The lowest BCUT2D eigenvalue weighted by molar-refractivity contribution is -0.139. The fourth-order valence-corrected chi connectivity index (χ4v) is 4.45. The second kappa shape index (κ2) is 15.7. The van der Waals surface area contributed by atoms with E-state index in [1.165, 1.54) is 35.9 Å². The van der Waals surface area contributed by atoms with Crippen LogP contribution in [0.5, 0.6) is 5.75 Å². The zero-order chi connectivity index (χ0) is 28.8. The number of nitrogens with zero attached hydrogens (tertiary/aromatic N) is 2. The molecule has 2 aromatic carbocycles. The number of hydrogen-bond donors (Lipinski definition) is 3. The van der Waals surface area contributed by atoms with Crippen LogP contribution in [0.1, 0.15) is 56.5 Å². The minimum atomic E-state index is -1.22. The van der Waals surface area contributed by atoms with Gasteiger partial charge in [-0.3, -0.25) is 9.59 Å². The molecule has 1 heterocycles. The van der Waals surface area contributed by atoms with E-state index in [0.29, 0.717) is 47.5 Å². The molecule has 3 aromatic rings. The molecule has 2 fully saturated rings. The predicted molar refractivity (Wildman–Crippen MR) is 165 cm³/mol. The molecule has 1 aromatic heterocycles. The first-order valence-electron chi connectivity index (χ1n) is 13.0. The Hall–Kier alpha value is -3.40. The van der Waals surface area contributed by atoms with Crippen LogP contribution in [0, 0.1) is 11.8 Å². The number of hydrogen-bond acceptors (Lipinski definition) is 6. The first-order chi connectivity index (χ1) is 19.2. The average Bonchev–Trinajstić information content (AvgIpc) is 3.85. The fourth-order valence-electron chi connectivity index (χ4n) is 3.88. The molecule has 1 atom stereocenters. The maximum absolute atomic E-state index is 12.8. The van der Waals surface area contributed by atoms with Crippen molar-refractivity contribution in [3.05, 3.63) is 80.2 Å². The standard InChI is InChI=1S/C25H23Cl2N3O5.C4H8O.2CH4/c1-30-24(32)21(20(12-28-30)35-13-15-5-6-15)16-9-7-14(8-10-16)11-19(25(33)34)29-23(31)22-17(26)3-2-4-18(22)27;5-3-4-1-2-4;;/h2-4,7-10,12,15,19H,5-6,11,13H2,1H3,(H,29,31)(H,33,34);4-5H,1-3H2;2*1H4/t19-;;;/m0.../s1. The molecular weight excluding hydrogens is 581 g/mol. The summed E-state index contributed by atoms with van der Waals surface area (Å²) in [7, 11) is 1.57. The first kappa shape index (κ1) is 34.8. The number of ether oxygens (including phenoxy) is 1. The number of carbonyl (C=O) groups excluding carboxylic acids is 1. The van der Waals surface area contributed by atoms with Gasteiger partial charge in [0.2, 0.25) is 0 Å². The van der Waals surface area contributed by atoms with Gasteiger partial charge in [0, 0.05) is 20.1 Å². The van der Waals surface area contributed by atoms with E-state index in [2.05, 4.69) is 10.4 Å². The third-order valence-electron chi connectivity index (χ3n) is 6.70. The number of carboxylic acid groups (broad SMARTS) is 1. The molecule has 0 aliphatic heterocycles. The molecule has 3 N–H and O–H groups in total. The summed E-state index contributed by atoms with van der Waals surface area (Å²) in [4.78, 5) is 37.3. The number of halogens is 2. The minimum Gasteiger partial charge on any atom is -0.491 e. The normalized spacial score (nSPS) is 14.3. The number of aliphatic hydroxyl groups excluding tert-OH is 1. The highest BCUT2D eigenvalue weighted by molar-refractivity contribution is 6.39. The third kappa shape index (κ3) is 9.31. The smallest absolute Gasteiger partial charge is 0.326 e. The molecule has 0 saturated heterocycles. The number of carbonyl (C=O) groups is 2. The van der Waals surface area contributed by atoms with Crippen molar-refractivity contribution in [1.29, 1.82) is 0 Å². The Balaban J connectivity index is 0.000000797. The van der Waals surface area contributed by atoms with Crippen LogP contribution in [-0.2, 0) is 18.3 Å². The maximum Gasteiger partial charge on any atom is 0.326 e. The van der Waals surface area contributed by atoms with Crippen LogP contribution in [0.2, 0.25) is 10.0 Å². The molecule has 5 rings (SSSR count). The van der Waals surface area contributed by atoms with E-state index in [0.717, 1.165) is 12.8 Å². The van der Waals surface area contributed by atoms with E-state index >= 15 is 0 Å². The van der Waals surface area contributed by atoms with Crippen molar-refractivity contribution in [3.63, 3.8) is 0 Å². The number of aliphatic hydroxyl groups is 1. The van der Waals surface area contributed by atoms with Crippen molar-refractivity contribution in [3.8, 4) is 16.9 Å². The minimum absolute atomic E-state index is 0. The highest BCUT2D eigenvalue weighted by Gasteiger charge is 2.25. The van der Waals surface area contributed by atoms with E-state index in [1.54, 1.807) is 37.4 Å². The molecule has 0 unspecified atom stereocenters. The monoisotopic (exact) mass is 619 g/mol. The molecule has 2 aliphatic carbocycles. The van der Waals surface area contributed by atoms with Crippen LogP contribution in [-0.4, -0.2) is 51.1 Å². The second-order valence-electron chi connectivity index (χ2n) is 10.1. The lowest BCUT2D eigenvalue weighted by atomic mass is 10.0. The van der Waals surface area contributed by atoms with Gasteiger partial charge in [-0.2, -0.15) is 5.10 Å². The van der Waals surface area contributed by atoms with Gasteiger partial charge in [-0.05, 0) is 60.8 Å². The van der Waals surface area contributed by atoms with Gasteiger partial charge < -0.3 is 20.3 Å². The van der Waals surface area contributed by atoms with Crippen LogP contribution in [0.4, 0.5) is 0 Å². The Bertz CT molecular complexity index is 1400. The Morgan fingerprint density at radius 3 is 2.14 bits per heavy atom. The third-order valence-corrected chi connectivity index (χ3v) is 7.33. The van der Waals surface area contributed by atoms with Gasteiger partial charge in [0.15, 0.2) is 5.75 Å². The van der Waals surface area contributed by atoms with Crippen LogP contribution >= 0.6 is 23.2 Å². The van der Waals surface area contributed by atoms with Crippen molar-refractivity contribution >= 4 is 35.1 Å². The summed E-state index contributed by atoms with van der Waals surface area (Å²) >= 11 is 12.1. The Labute approximate surface area is 256 Å². The van der Waals surface area contributed by atoms with Crippen LogP contribution in [0.3, 0.4) is 0 Å². The van der Waals surface area contributed by atoms with E-state index < -0.39 is 17.9 Å². The molecule has 9 nitrogen and oxygen atoms in total. The lowest BCUT2D eigenvalue weighted by Gasteiger charge is -2.16. The van der Waals surface area contributed by atoms with Crippen LogP contribution in [0.15, 0.2) is 53.5 Å². The van der Waals surface area contributed by atoms with Gasteiger partial charge in [-0.25, -0.2) is 9.48 Å². The molecule has 0 spiro atoms. The highest BCUT2D eigenvalue weighted by Crippen LogP contribution is 2.32. The zero-order valence-corrected chi connectivity index (χ0v) is 23.5. The molecular formula is C31H39Cl2N3O6. The molecule has 0 radical (unpaired) electrons. The summed E-state index contributed by atoms with van der Waals surface area (Å²) in [5.74, 6) is -0.264. The summed E-state index contributed by atoms with van der Waals surface area (Å²) < 4.78 is 7.10. The van der Waals surface area contributed by atoms with Crippen molar-refractivity contribution in [2.75, 3.05) is 13.2 Å². The van der Waals surface area contributed by atoms with Crippen molar-refractivity contribution < 1.29 is 24.5 Å². The van der Waals surface area contributed by atoms with Gasteiger partial charge in [0.05, 0.1) is 34.0 Å². The SMILES string of the molecule is C.C.Cn1ncc(OCC2CC2)c(-c2ccc(C[C@H](NC(=O)c3c(Cl)cccc3Cl)C(=O)O)cc2)c1=O.OCC1CC1. The van der Waals surface area contributed by atoms with Crippen molar-refractivity contribution in [1.82, 2.24) is 15.1 Å². The second-order valence-corrected chi connectivity index (χ2v) is 10.9. The highest BCUT2D eigenvalue weighted by atomic mass is 35.5. The summed E-state index contributed by atoms with van der Waals surface area (Å²) in [5.41, 5.74) is 1.40. The first-order valence-corrected chi connectivity index (χ1v) is 13.8. The maximum atomic E-state index is 12.8. The van der Waals surface area contributed by atoms with Gasteiger partial charge in [0.25, 0.3) is 11.5 Å². The molecule has 11 heteroatoms. The molecule has 2 saturated carbocycles. The Morgan fingerprint density at radius 2 is 1.64 bits per heavy atom. The summed E-state index contributed by atoms with van der Waals surface area (Å²) in [6.07, 6.45) is 6.30. The van der Waals surface area contributed by atoms with Crippen molar-refractivity contribution in [2.24, 2.45) is 18.9 Å². The summed E-state index contributed by atoms with van der Waals surface area (Å²) in [6.45, 7) is 0.954. The predicted octanol–water partition coefficient (Wildman–Crippen LogP) is 5.63. The number of nitrogens with one attached hydrogen (secondary N) is 1. The molecule has 42 heavy (non-hydrogen) atoms. The number of benzene rings is 2. The summed E-state index contributed by atoms with van der Waals surface area (Å²) in [5, 5.41) is 24.7. The number of aliphatic carboxylic acids is 1. The van der Waals surface area contributed by atoms with Gasteiger partial charge >= 0.3 is 5.97 Å². The van der Waals surface area contributed by atoms with E-state index in [4.69, 9.17) is 33.0 Å². The Kier molecular flexibility index (Phi) is 13.0. The van der Waals surface area contributed by atoms with E-state index in [1.807, 2.05) is 0 Å². The van der Waals surface area contributed by atoms with E-state index in [9.17, 15) is 19.5 Å². The topological polar surface area (TPSA) is 131 Å². The van der Waals surface area contributed by atoms with E-state index in [-0.39, 0.29) is 42.4 Å². The quantitative estimate of drug-likeness (QED) is 0.268. The average molecular weight is 621 g/mol. The number of aromatic nitrogens is 2. The number of aryl methyl sites for hydroxylation is 1. The molecule has 2 aliphatic rings. The van der Waals surface area contributed by atoms with Gasteiger partial charge in [-0.15, -0.1) is 0 Å². The van der Waals surface area contributed by atoms with Gasteiger partial charge in [-0.1, -0.05) is 68.4 Å². The number of amides is 1. The number of carboxylic acids is 1. The Morgan fingerprint density at radius 1 is 1.05 bits per heavy atom. The van der Waals surface area contributed by atoms with Crippen LogP contribution < -0.4 is 15.6 Å². The molecule has 228 valence electrons. The van der Waals surface area contributed by atoms with Gasteiger partial charge in [0.1, 0.15) is 6.04 Å². The lowest BCUT2D eigenvalue weighted by Crippen LogP contribution is -2.42. The number of rotatable bonds is 10.